The van der Waals surface area contributed by atoms with E-state index in [0.29, 0.717) is 12.8 Å². The van der Waals surface area contributed by atoms with Crippen LogP contribution in [0.2, 0.25) is 0 Å². The van der Waals surface area contributed by atoms with Gasteiger partial charge in [-0.15, -0.1) is 0 Å². The molecule has 0 saturated carbocycles. The van der Waals surface area contributed by atoms with Crippen LogP contribution in [0.3, 0.4) is 0 Å². The van der Waals surface area contributed by atoms with E-state index in [1.54, 1.807) is 0 Å². The summed E-state index contributed by atoms with van der Waals surface area (Å²) in [6.07, 6.45) is 1.14. The summed E-state index contributed by atoms with van der Waals surface area (Å²) in [6, 6.07) is 7.76. The number of carboxylic acids is 1. The average molecular weight is 285 g/mol. The molecule has 0 aliphatic rings. The largest absolute Gasteiger partial charge is 0.481 e. The van der Waals surface area contributed by atoms with E-state index < -0.39 is 5.97 Å². The van der Waals surface area contributed by atoms with Gasteiger partial charge in [-0.05, 0) is 24.1 Å². The van der Waals surface area contributed by atoms with E-state index in [2.05, 4.69) is 15.9 Å². The standard InChI is InChI=1S/C12H13BrO3/c13-10-4-1-9(2-5-10)3-6-11(14)7-8-12(15)16/h1-2,4-5H,3,6-8H2,(H,15,16). The van der Waals surface area contributed by atoms with Gasteiger partial charge in [-0.2, -0.15) is 0 Å². The molecular formula is C12H13BrO3. The average Bonchev–Trinajstić information content (AvgIpc) is 2.25. The van der Waals surface area contributed by atoms with Crippen LogP contribution in [0.1, 0.15) is 24.8 Å². The molecule has 0 unspecified atom stereocenters. The highest BCUT2D eigenvalue weighted by molar-refractivity contribution is 9.10. The first kappa shape index (κ1) is 12.9. The van der Waals surface area contributed by atoms with Crippen molar-refractivity contribution in [2.75, 3.05) is 0 Å². The lowest BCUT2D eigenvalue weighted by atomic mass is 10.1. The van der Waals surface area contributed by atoms with E-state index in [4.69, 9.17) is 5.11 Å². The van der Waals surface area contributed by atoms with Gasteiger partial charge in [-0.25, -0.2) is 0 Å². The molecule has 0 aliphatic heterocycles. The fraction of sp³-hybridized carbons (Fsp3) is 0.333. The first-order chi connectivity index (χ1) is 7.58. The molecule has 0 aromatic heterocycles. The van der Waals surface area contributed by atoms with Crippen molar-refractivity contribution in [3.8, 4) is 0 Å². The summed E-state index contributed by atoms with van der Waals surface area (Å²) in [5.41, 5.74) is 1.09. The fourth-order valence-corrected chi connectivity index (χ4v) is 1.57. The van der Waals surface area contributed by atoms with E-state index >= 15 is 0 Å². The molecule has 3 nitrogen and oxygen atoms in total. The lowest BCUT2D eigenvalue weighted by molar-refractivity contribution is -0.138. The van der Waals surface area contributed by atoms with Gasteiger partial charge in [0, 0.05) is 17.3 Å². The summed E-state index contributed by atoms with van der Waals surface area (Å²) in [4.78, 5) is 21.6. The van der Waals surface area contributed by atoms with Crippen LogP contribution in [0.4, 0.5) is 0 Å². The summed E-state index contributed by atoms with van der Waals surface area (Å²) in [5, 5.41) is 8.42. The number of aliphatic carboxylic acids is 1. The molecule has 0 aliphatic carbocycles. The minimum Gasteiger partial charge on any atom is -0.481 e. The molecule has 1 aromatic carbocycles. The second-order valence-corrected chi connectivity index (χ2v) is 4.47. The summed E-state index contributed by atoms with van der Waals surface area (Å²) in [5.74, 6) is -0.915. The van der Waals surface area contributed by atoms with Crippen molar-refractivity contribution in [3.05, 3.63) is 34.3 Å². The van der Waals surface area contributed by atoms with Crippen LogP contribution in [-0.4, -0.2) is 16.9 Å². The second-order valence-electron chi connectivity index (χ2n) is 3.56. The van der Waals surface area contributed by atoms with E-state index in [9.17, 15) is 9.59 Å². The number of aryl methyl sites for hydroxylation is 1. The van der Waals surface area contributed by atoms with Crippen molar-refractivity contribution in [1.82, 2.24) is 0 Å². The van der Waals surface area contributed by atoms with Crippen molar-refractivity contribution in [2.45, 2.75) is 25.7 Å². The highest BCUT2D eigenvalue weighted by Crippen LogP contribution is 2.12. The Labute approximate surface area is 103 Å². The van der Waals surface area contributed by atoms with Crippen LogP contribution < -0.4 is 0 Å². The summed E-state index contributed by atoms with van der Waals surface area (Å²) < 4.78 is 1.01. The van der Waals surface area contributed by atoms with E-state index in [1.165, 1.54) is 0 Å². The van der Waals surface area contributed by atoms with Crippen LogP contribution in [-0.2, 0) is 16.0 Å². The fourth-order valence-electron chi connectivity index (χ4n) is 1.31. The monoisotopic (exact) mass is 284 g/mol. The Bertz CT molecular complexity index is 370. The molecule has 0 amide bonds. The SMILES string of the molecule is O=C(O)CCC(=O)CCc1ccc(Br)cc1. The van der Waals surface area contributed by atoms with Gasteiger partial charge in [-0.3, -0.25) is 9.59 Å². The lowest BCUT2D eigenvalue weighted by Gasteiger charge is -2.00. The third-order valence-electron chi connectivity index (χ3n) is 2.22. The maximum atomic E-state index is 11.3. The van der Waals surface area contributed by atoms with Gasteiger partial charge < -0.3 is 5.11 Å². The molecule has 0 saturated heterocycles. The number of Topliss-reactive ketones (excluding diaryl/α,β-unsaturated/α-hetero) is 1. The smallest absolute Gasteiger partial charge is 0.303 e. The molecule has 1 N–H and O–H groups in total. The Balaban J connectivity index is 2.31. The molecule has 1 aromatic rings. The highest BCUT2D eigenvalue weighted by atomic mass is 79.9. The number of ketones is 1. The van der Waals surface area contributed by atoms with Crippen molar-refractivity contribution in [3.63, 3.8) is 0 Å². The van der Waals surface area contributed by atoms with Crippen molar-refractivity contribution < 1.29 is 14.7 Å². The number of halogens is 1. The summed E-state index contributed by atoms with van der Waals surface area (Å²) in [7, 11) is 0. The zero-order valence-electron chi connectivity index (χ0n) is 8.78. The van der Waals surface area contributed by atoms with Gasteiger partial charge in [0.25, 0.3) is 0 Å². The Morgan fingerprint density at radius 3 is 2.25 bits per heavy atom. The highest BCUT2D eigenvalue weighted by Gasteiger charge is 2.05. The van der Waals surface area contributed by atoms with Gasteiger partial charge in [-0.1, -0.05) is 28.1 Å². The molecule has 0 atom stereocenters. The normalized spacial score (nSPS) is 10.1. The molecule has 0 radical (unpaired) electrons. The molecule has 0 heterocycles. The quantitative estimate of drug-likeness (QED) is 0.874. The Kier molecular flexibility index (Phi) is 5.19. The van der Waals surface area contributed by atoms with Gasteiger partial charge >= 0.3 is 5.97 Å². The number of benzene rings is 1. The molecular weight excluding hydrogens is 272 g/mol. The predicted octanol–water partition coefficient (Wildman–Crippen LogP) is 2.82. The van der Waals surface area contributed by atoms with Crippen LogP contribution >= 0.6 is 15.9 Å². The van der Waals surface area contributed by atoms with Crippen molar-refractivity contribution in [1.29, 1.82) is 0 Å². The molecule has 86 valence electrons. The Morgan fingerprint density at radius 2 is 1.69 bits per heavy atom. The number of hydrogen-bond acceptors (Lipinski definition) is 2. The van der Waals surface area contributed by atoms with Gasteiger partial charge in [0.2, 0.25) is 0 Å². The van der Waals surface area contributed by atoms with Crippen LogP contribution in [0.25, 0.3) is 0 Å². The van der Waals surface area contributed by atoms with Crippen molar-refractivity contribution >= 4 is 27.7 Å². The second kappa shape index (κ2) is 6.43. The van der Waals surface area contributed by atoms with Crippen LogP contribution in [0.5, 0.6) is 0 Å². The molecule has 16 heavy (non-hydrogen) atoms. The van der Waals surface area contributed by atoms with E-state index in [1.807, 2.05) is 24.3 Å². The molecule has 0 spiro atoms. The molecule has 1 rings (SSSR count). The van der Waals surface area contributed by atoms with Gasteiger partial charge in [0.1, 0.15) is 5.78 Å². The molecule has 0 fully saturated rings. The van der Waals surface area contributed by atoms with Gasteiger partial charge in [0.15, 0.2) is 0 Å². The first-order valence-corrected chi connectivity index (χ1v) is 5.85. The Hall–Kier alpha value is -1.16. The number of hydrogen-bond donors (Lipinski definition) is 1. The summed E-state index contributed by atoms with van der Waals surface area (Å²) in [6.45, 7) is 0. The minimum atomic E-state index is -0.919. The van der Waals surface area contributed by atoms with E-state index in [0.717, 1.165) is 10.0 Å². The van der Waals surface area contributed by atoms with Gasteiger partial charge in [0.05, 0.1) is 6.42 Å². The zero-order valence-corrected chi connectivity index (χ0v) is 10.4. The number of carbonyl (C=O) groups excluding carboxylic acids is 1. The van der Waals surface area contributed by atoms with Crippen molar-refractivity contribution in [2.24, 2.45) is 0 Å². The van der Waals surface area contributed by atoms with Crippen LogP contribution in [0, 0.1) is 0 Å². The Morgan fingerprint density at radius 1 is 1.06 bits per heavy atom. The number of carboxylic acid groups (broad SMARTS) is 1. The summed E-state index contributed by atoms with van der Waals surface area (Å²) >= 11 is 3.33. The predicted molar refractivity (Wildman–Crippen MR) is 64.3 cm³/mol. The van der Waals surface area contributed by atoms with Crippen LogP contribution in [0.15, 0.2) is 28.7 Å². The third-order valence-corrected chi connectivity index (χ3v) is 2.75. The first-order valence-electron chi connectivity index (χ1n) is 5.06. The number of carbonyl (C=O) groups is 2. The molecule has 0 bridgehead atoms. The number of rotatable bonds is 6. The maximum Gasteiger partial charge on any atom is 0.303 e. The third kappa shape index (κ3) is 5.07. The zero-order chi connectivity index (χ0) is 12.0. The van der Waals surface area contributed by atoms with E-state index in [-0.39, 0.29) is 18.6 Å². The minimum absolute atomic E-state index is 0.00492. The topological polar surface area (TPSA) is 54.4 Å². The lowest BCUT2D eigenvalue weighted by Crippen LogP contribution is -2.04. The maximum absolute atomic E-state index is 11.3. The molecule has 4 heteroatoms.